The Balaban J connectivity index is 1.49. The minimum Gasteiger partial charge on any atom is -0.390 e. The fraction of sp³-hybridized carbons (Fsp3) is 0.364. The Morgan fingerprint density at radius 3 is 2.52 bits per heavy atom. The maximum absolute atomic E-state index is 12.8. The highest BCUT2D eigenvalue weighted by molar-refractivity contribution is 6.11. The zero-order chi connectivity index (χ0) is 20.4. The highest BCUT2D eigenvalue weighted by atomic mass is 16.3. The second-order valence-electron chi connectivity index (χ2n) is 7.62. The van der Waals surface area contributed by atoms with E-state index in [1.54, 1.807) is 36.5 Å². The van der Waals surface area contributed by atoms with Crippen LogP contribution in [0.25, 0.3) is 11.1 Å². The number of ketones is 1. The molecule has 0 unspecified atom stereocenters. The molecule has 1 saturated heterocycles. The summed E-state index contributed by atoms with van der Waals surface area (Å²) < 4.78 is 0. The van der Waals surface area contributed by atoms with Gasteiger partial charge in [-0.2, -0.15) is 0 Å². The van der Waals surface area contributed by atoms with Gasteiger partial charge in [0.1, 0.15) is 5.54 Å². The van der Waals surface area contributed by atoms with Crippen molar-refractivity contribution in [3.8, 4) is 11.1 Å². The predicted molar refractivity (Wildman–Crippen MR) is 106 cm³/mol. The highest BCUT2D eigenvalue weighted by Gasteiger charge is 2.51. The Bertz CT molecular complexity index is 949. The van der Waals surface area contributed by atoms with Crippen molar-refractivity contribution in [3.63, 3.8) is 0 Å². The molecule has 1 saturated carbocycles. The third-order valence-electron chi connectivity index (χ3n) is 5.81. The van der Waals surface area contributed by atoms with Crippen molar-refractivity contribution < 1.29 is 19.5 Å². The molecular formula is C22H23N3O4. The van der Waals surface area contributed by atoms with Gasteiger partial charge in [-0.15, -0.1) is 0 Å². The SMILES string of the molecule is O=C(CN1C(=O)NC2(CCCCC2)C1=O)c1ccc(-c2cccnc2CO)cc1. The topological polar surface area (TPSA) is 99.6 Å². The summed E-state index contributed by atoms with van der Waals surface area (Å²) in [4.78, 5) is 43.1. The molecule has 0 atom stereocenters. The molecule has 1 aliphatic heterocycles. The molecule has 1 spiro atoms. The first-order valence-corrected chi connectivity index (χ1v) is 9.86. The van der Waals surface area contributed by atoms with Crippen LogP contribution in [0, 0.1) is 0 Å². The fourth-order valence-corrected chi connectivity index (χ4v) is 4.21. The minimum absolute atomic E-state index is 0.176. The van der Waals surface area contributed by atoms with Crippen LogP contribution >= 0.6 is 0 Å². The van der Waals surface area contributed by atoms with Gasteiger partial charge in [0.2, 0.25) is 0 Å². The molecule has 2 aromatic rings. The molecule has 150 valence electrons. The van der Waals surface area contributed by atoms with Crippen LogP contribution < -0.4 is 5.32 Å². The summed E-state index contributed by atoms with van der Waals surface area (Å²) in [5, 5.41) is 12.3. The van der Waals surface area contributed by atoms with E-state index in [0.717, 1.165) is 35.3 Å². The average Bonchev–Trinajstić information content (AvgIpc) is 2.98. The van der Waals surface area contributed by atoms with E-state index >= 15 is 0 Å². The number of Topliss-reactive ketones (excluding diaryl/α,β-unsaturated/α-hetero) is 1. The molecule has 1 aromatic heterocycles. The number of aliphatic hydroxyl groups excluding tert-OH is 1. The van der Waals surface area contributed by atoms with E-state index in [2.05, 4.69) is 10.3 Å². The van der Waals surface area contributed by atoms with Crippen LogP contribution in [-0.2, 0) is 11.4 Å². The summed E-state index contributed by atoms with van der Waals surface area (Å²) in [6, 6.07) is 10.0. The first-order chi connectivity index (χ1) is 14.0. The van der Waals surface area contributed by atoms with Crippen LogP contribution in [0.5, 0.6) is 0 Å². The summed E-state index contributed by atoms with van der Waals surface area (Å²) in [6.45, 7) is -0.439. The lowest BCUT2D eigenvalue weighted by molar-refractivity contribution is -0.132. The van der Waals surface area contributed by atoms with Crippen molar-refractivity contribution in [1.29, 1.82) is 0 Å². The number of carbonyl (C=O) groups is 3. The van der Waals surface area contributed by atoms with E-state index in [-0.39, 0.29) is 24.8 Å². The van der Waals surface area contributed by atoms with E-state index in [4.69, 9.17) is 0 Å². The lowest BCUT2D eigenvalue weighted by atomic mass is 9.82. The number of aliphatic hydroxyl groups is 1. The van der Waals surface area contributed by atoms with E-state index in [9.17, 15) is 19.5 Å². The number of amides is 3. The summed E-state index contributed by atoms with van der Waals surface area (Å²) in [7, 11) is 0. The van der Waals surface area contributed by atoms with Gasteiger partial charge in [-0.25, -0.2) is 4.79 Å². The Labute approximate surface area is 168 Å². The van der Waals surface area contributed by atoms with Gasteiger partial charge in [-0.05, 0) is 24.5 Å². The molecule has 2 heterocycles. The van der Waals surface area contributed by atoms with Crippen molar-refractivity contribution in [2.45, 2.75) is 44.2 Å². The Kier molecular flexibility index (Phi) is 5.15. The fourth-order valence-electron chi connectivity index (χ4n) is 4.21. The van der Waals surface area contributed by atoms with Gasteiger partial charge in [-0.1, -0.05) is 49.6 Å². The van der Waals surface area contributed by atoms with Crippen LogP contribution in [0.3, 0.4) is 0 Å². The van der Waals surface area contributed by atoms with Crippen LogP contribution in [0.15, 0.2) is 42.6 Å². The zero-order valence-corrected chi connectivity index (χ0v) is 16.1. The smallest absolute Gasteiger partial charge is 0.325 e. The number of aromatic nitrogens is 1. The van der Waals surface area contributed by atoms with Crippen LogP contribution in [0.2, 0.25) is 0 Å². The summed E-state index contributed by atoms with van der Waals surface area (Å²) >= 11 is 0. The molecule has 4 rings (SSSR count). The quantitative estimate of drug-likeness (QED) is 0.601. The minimum atomic E-state index is -0.819. The second-order valence-corrected chi connectivity index (χ2v) is 7.62. The van der Waals surface area contributed by atoms with Gasteiger partial charge in [-0.3, -0.25) is 19.5 Å². The van der Waals surface area contributed by atoms with Crippen molar-refractivity contribution in [3.05, 3.63) is 53.9 Å². The normalized spacial score (nSPS) is 18.2. The predicted octanol–water partition coefficient (Wildman–Crippen LogP) is 2.68. The number of hydrogen-bond acceptors (Lipinski definition) is 5. The molecule has 2 fully saturated rings. The zero-order valence-electron chi connectivity index (χ0n) is 16.1. The number of carbonyl (C=O) groups excluding carboxylic acids is 3. The summed E-state index contributed by atoms with van der Waals surface area (Å²) in [5.74, 6) is -0.573. The Morgan fingerprint density at radius 1 is 1.10 bits per heavy atom. The number of nitrogens with one attached hydrogen (secondary N) is 1. The summed E-state index contributed by atoms with van der Waals surface area (Å²) in [5.41, 5.74) is 1.79. The van der Waals surface area contributed by atoms with Gasteiger partial charge >= 0.3 is 6.03 Å². The number of rotatable bonds is 5. The highest BCUT2D eigenvalue weighted by Crippen LogP contribution is 2.33. The molecule has 29 heavy (non-hydrogen) atoms. The third-order valence-corrected chi connectivity index (χ3v) is 5.81. The lowest BCUT2D eigenvalue weighted by Crippen LogP contribution is -2.48. The molecule has 0 bridgehead atoms. The van der Waals surface area contributed by atoms with Gasteiger partial charge in [0.15, 0.2) is 5.78 Å². The van der Waals surface area contributed by atoms with Crippen molar-refractivity contribution in [1.82, 2.24) is 15.2 Å². The number of benzene rings is 1. The van der Waals surface area contributed by atoms with Crippen molar-refractivity contribution >= 4 is 17.7 Å². The van der Waals surface area contributed by atoms with E-state index in [0.29, 0.717) is 24.1 Å². The number of imide groups is 1. The van der Waals surface area contributed by atoms with Gasteiger partial charge in [0, 0.05) is 17.3 Å². The van der Waals surface area contributed by atoms with E-state index < -0.39 is 11.6 Å². The molecule has 1 aromatic carbocycles. The van der Waals surface area contributed by atoms with Gasteiger partial charge < -0.3 is 10.4 Å². The van der Waals surface area contributed by atoms with E-state index in [1.165, 1.54) is 0 Å². The third kappa shape index (κ3) is 3.53. The van der Waals surface area contributed by atoms with Gasteiger partial charge in [0.25, 0.3) is 5.91 Å². The largest absolute Gasteiger partial charge is 0.390 e. The number of hydrogen-bond donors (Lipinski definition) is 2. The molecule has 7 nitrogen and oxygen atoms in total. The summed E-state index contributed by atoms with van der Waals surface area (Å²) in [6.07, 6.45) is 5.75. The first kappa shape index (κ1) is 19.3. The maximum atomic E-state index is 12.8. The molecule has 1 aliphatic carbocycles. The monoisotopic (exact) mass is 393 g/mol. The first-order valence-electron chi connectivity index (χ1n) is 9.86. The molecule has 2 aliphatic rings. The molecule has 2 N–H and O–H groups in total. The maximum Gasteiger partial charge on any atom is 0.325 e. The second kappa shape index (κ2) is 7.75. The van der Waals surface area contributed by atoms with Gasteiger partial charge in [0.05, 0.1) is 18.8 Å². The lowest BCUT2D eigenvalue weighted by Gasteiger charge is -2.30. The molecule has 0 radical (unpaired) electrons. The number of pyridine rings is 1. The van der Waals surface area contributed by atoms with Crippen molar-refractivity contribution in [2.75, 3.05) is 6.54 Å². The van der Waals surface area contributed by atoms with E-state index in [1.807, 2.05) is 6.07 Å². The van der Waals surface area contributed by atoms with Crippen LogP contribution in [0.4, 0.5) is 4.79 Å². The Hall–Kier alpha value is -3.06. The molecule has 3 amide bonds. The number of nitrogens with zero attached hydrogens (tertiary/aromatic N) is 2. The molecular weight excluding hydrogens is 370 g/mol. The average molecular weight is 393 g/mol. The standard InChI is InChI=1S/C22H23N3O4/c26-14-18-17(5-4-12-23-18)15-6-8-16(9-7-15)19(27)13-25-20(28)22(24-21(25)29)10-2-1-3-11-22/h4-9,12,26H,1-3,10-11,13-14H2,(H,24,29). The number of urea groups is 1. The Morgan fingerprint density at radius 2 is 1.83 bits per heavy atom. The van der Waals surface area contributed by atoms with Crippen LogP contribution in [0.1, 0.15) is 48.2 Å². The molecule has 7 heteroatoms. The van der Waals surface area contributed by atoms with Crippen molar-refractivity contribution in [2.24, 2.45) is 0 Å². The van der Waals surface area contributed by atoms with Crippen LogP contribution in [-0.4, -0.2) is 44.8 Å².